The zero-order chi connectivity index (χ0) is 9.68. The summed E-state index contributed by atoms with van der Waals surface area (Å²) < 4.78 is 0. The van der Waals surface area contributed by atoms with Crippen LogP contribution in [0.1, 0.15) is 13.8 Å². The molecule has 0 radical (unpaired) electrons. The molecule has 1 unspecified atom stereocenters. The van der Waals surface area contributed by atoms with Crippen LogP contribution >= 0.6 is 0 Å². The highest BCUT2D eigenvalue weighted by Crippen LogP contribution is 2.07. The van der Waals surface area contributed by atoms with E-state index in [9.17, 15) is 0 Å². The lowest BCUT2D eigenvalue weighted by Crippen LogP contribution is -2.52. The number of piperazine rings is 1. The van der Waals surface area contributed by atoms with Crippen molar-refractivity contribution in [2.75, 3.05) is 26.2 Å². The maximum absolute atomic E-state index is 5.37. The summed E-state index contributed by atoms with van der Waals surface area (Å²) in [6, 6.07) is 0.520. The topological polar surface area (TPSA) is 24.5 Å². The molecule has 1 fully saturated rings. The summed E-state index contributed by atoms with van der Waals surface area (Å²) in [6.45, 7) is 7.63. The third-order valence-corrected chi connectivity index (χ3v) is 2.30. The van der Waals surface area contributed by atoms with Crippen molar-refractivity contribution in [1.29, 1.82) is 0 Å². The van der Waals surface area contributed by atoms with Crippen LogP contribution in [0.5, 0.6) is 0 Å². The van der Waals surface area contributed by atoms with Crippen molar-refractivity contribution in [1.82, 2.24) is 10.4 Å². The van der Waals surface area contributed by atoms with Crippen LogP contribution in [0.15, 0.2) is 0 Å². The molecule has 0 spiro atoms. The van der Waals surface area contributed by atoms with E-state index in [0.717, 1.165) is 19.6 Å². The highest BCUT2D eigenvalue weighted by Gasteiger charge is 2.21. The van der Waals surface area contributed by atoms with E-state index in [1.54, 1.807) is 0 Å². The Hall–Kier alpha value is -0.560. The SMILES string of the molecule is C#CCON1CCNC(C(C)C)C1. The van der Waals surface area contributed by atoms with Gasteiger partial charge in [-0.25, -0.2) is 0 Å². The molecule has 1 aliphatic rings. The summed E-state index contributed by atoms with van der Waals surface area (Å²) >= 11 is 0. The molecule has 13 heavy (non-hydrogen) atoms. The lowest BCUT2D eigenvalue weighted by atomic mass is 10.0. The maximum Gasteiger partial charge on any atom is 0.129 e. The van der Waals surface area contributed by atoms with Gasteiger partial charge in [0.05, 0.1) is 0 Å². The van der Waals surface area contributed by atoms with Crippen molar-refractivity contribution < 1.29 is 4.84 Å². The first-order chi connectivity index (χ1) is 6.24. The first-order valence-electron chi connectivity index (χ1n) is 4.78. The molecule has 0 amide bonds. The fourth-order valence-corrected chi connectivity index (χ4v) is 1.44. The molecule has 74 valence electrons. The molecule has 0 aromatic carbocycles. The smallest absolute Gasteiger partial charge is 0.129 e. The summed E-state index contributed by atoms with van der Waals surface area (Å²) in [4.78, 5) is 5.37. The van der Waals surface area contributed by atoms with Crippen LogP contribution in [0.2, 0.25) is 0 Å². The van der Waals surface area contributed by atoms with Gasteiger partial charge >= 0.3 is 0 Å². The third kappa shape index (κ3) is 3.35. The van der Waals surface area contributed by atoms with Crippen molar-refractivity contribution in [3.8, 4) is 12.3 Å². The molecule has 0 saturated carbocycles. The first kappa shape index (κ1) is 10.5. The first-order valence-corrected chi connectivity index (χ1v) is 4.78. The molecule has 1 aliphatic heterocycles. The number of hydroxylamine groups is 2. The Kier molecular flexibility index (Phi) is 4.23. The average Bonchev–Trinajstić information content (AvgIpc) is 2.15. The van der Waals surface area contributed by atoms with Gasteiger partial charge in [0.15, 0.2) is 0 Å². The van der Waals surface area contributed by atoms with Gasteiger partial charge in [0.2, 0.25) is 0 Å². The fourth-order valence-electron chi connectivity index (χ4n) is 1.44. The van der Waals surface area contributed by atoms with Crippen molar-refractivity contribution in [2.45, 2.75) is 19.9 Å². The van der Waals surface area contributed by atoms with Gasteiger partial charge in [-0.05, 0) is 5.92 Å². The highest BCUT2D eigenvalue weighted by atomic mass is 16.7. The summed E-state index contributed by atoms with van der Waals surface area (Å²) in [6.07, 6.45) is 5.12. The molecule has 1 N–H and O–H groups in total. The van der Waals surface area contributed by atoms with Gasteiger partial charge in [0, 0.05) is 25.7 Å². The van der Waals surface area contributed by atoms with E-state index in [4.69, 9.17) is 11.3 Å². The second-order valence-corrected chi connectivity index (χ2v) is 3.67. The second-order valence-electron chi connectivity index (χ2n) is 3.67. The van der Waals surface area contributed by atoms with Gasteiger partial charge in [0.25, 0.3) is 0 Å². The predicted octanol–water partition coefficient (Wildman–Crippen LogP) is 0.481. The lowest BCUT2D eigenvalue weighted by Gasteiger charge is -2.34. The van der Waals surface area contributed by atoms with E-state index in [1.807, 2.05) is 5.06 Å². The van der Waals surface area contributed by atoms with Crippen LogP contribution in [0.4, 0.5) is 0 Å². The van der Waals surface area contributed by atoms with E-state index >= 15 is 0 Å². The molecular weight excluding hydrogens is 164 g/mol. The predicted molar refractivity (Wildman–Crippen MR) is 53.0 cm³/mol. The average molecular weight is 182 g/mol. The highest BCUT2D eigenvalue weighted by molar-refractivity contribution is 4.83. The maximum atomic E-state index is 5.37. The van der Waals surface area contributed by atoms with E-state index < -0.39 is 0 Å². The number of terminal acetylenes is 1. The zero-order valence-corrected chi connectivity index (χ0v) is 8.42. The van der Waals surface area contributed by atoms with Gasteiger partial charge in [-0.15, -0.1) is 6.42 Å². The molecule has 0 aromatic rings. The fraction of sp³-hybridized carbons (Fsp3) is 0.800. The Bertz CT molecular complexity index is 186. The summed E-state index contributed by atoms with van der Waals surface area (Å²) in [5, 5.41) is 5.41. The van der Waals surface area contributed by atoms with Crippen LogP contribution in [0.3, 0.4) is 0 Å². The molecule has 0 aromatic heterocycles. The number of rotatable bonds is 3. The molecule has 1 heterocycles. The van der Waals surface area contributed by atoms with E-state index in [-0.39, 0.29) is 0 Å². The second kappa shape index (κ2) is 5.23. The van der Waals surface area contributed by atoms with Gasteiger partial charge in [0.1, 0.15) is 6.61 Å². The van der Waals surface area contributed by atoms with Gasteiger partial charge in [-0.3, -0.25) is 4.84 Å². The molecule has 1 saturated heterocycles. The quantitative estimate of drug-likeness (QED) is 0.643. The van der Waals surface area contributed by atoms with Gasteiger partial charge in [-0.1, -0.05) is 19.8 Å². The van der Waals surface area contributed by atoms with E-state index in [1.165, 1.54) is 0 Å². The van der Waals surface area contributed by atoms with E-state index in [2.05, 4.69) is 25.1 Å². The number of hydrogen-bond acceptors (Lipinski definition) is 3. The van der Waals surface area contributed by atoms with Crippen molar-refractivity contribution >= 4 is 0 Å². The van der Waals surface area contributed by atoms with Crippen LogP contribution < -0.4 is 5.32 Å². The normalized spacial score (nSPS) is 24.6. The van der Waals surface area contributed by atoms with Crippen LogP contribution in [0, 0.1) is 18.3 Å². The molecule has 0 aliphatic carbocycles. The summed E-state index contributed by atoms with van der Waals surface area (Å²) in [7, 11) is 0. The number of nitrogens with one attached hydrogen (secondary N) is 1. The molecule has 1 rings (SSSR count). The zero-order valence-electron chi connectivity index (χ0n) is 8.42. The standard InChI is InChI=1S/C10H18N2O/c1-4-7-13-12-6-5-11-10(8-12)9(2)3/h1,9-11H,5-8H2,2-3H3. The third-order valence-electron chi connectivity index (χ3n) is 2.30. The van der Waals surface area contributed by atoms with Crippen LogP contribution in [0.25, 0.3) is 0 Å². The molecule has 3 heteroatoms. The Balaban J connectivity index is 2.29. The largest absolute Gasteiger partial charge is 0.311 e. The minimum absolute atomic E-state index is 0.380. The van der Waals surface area contributed by atoms with E-state index in [0.29, 0.717) is 18.6 Å². The minimum Gasteiger partial charge on any atom is -0.311 e. The van der Waals surface area contributed by atoms with Gasteiger partial charge < -0.3 is 5.32 Å². The summed E-state index contributed by atoms with van der Waals surface area (Å²) in [5.41, 5.74) is 0. The molecule has 1 atom stereocenters. The van der Waals surface area contributed by atoms with Crippen molar-refractivity contribution in [3.63, 3.8) is 0 Å². The molecular formula is C10H18N2O. The Morgan fingerprint density at radius 2 is 2.46 bits per heavy atom. The van der Waals surface area contributed by atoms with Crippen LogP contribution in [-0.4, -0.2) is 37.3 Å². The molecule has 0 bridgehead atoms. The number of hydrogen-bond donors (Lipinski definition) is 1. The Morgan fingerprint density at radius 3 is 3.08 bits per heavy atom. The van der Waals surface area contributed by atoms with Crippen LogP contribution in [-0.2, 0) is 4.84 Å². The Labute approximate surface area is 80.4 Å². The van der Waals surface area contributed by atoms with Crippen molar-refractivity contribution in [3.05, 3.63) is 0 Å². The summed E-state index contributed by atoms with van der Waals surface area (Å²) in [5.74, 6) is 3.11. The number of nitrogens with zero attached hydrogens (tertiary/aromatic N) is 1. The minimum atomic E-state index is 0.380. The monoisotopic (exact) mass is 182 g/mol. The molecule has 3 nitrogen and oxygen atoms in total. The Morgan fingerprint density at radius 1 is 1.69 bits per heavy atom. The van der Waals surface area contributed by atoms with Crippen molar-refractivity contribution in [2.24, 2.45) is 5.92 Å². The van der Waals surface area contributed by atoms with Gasteiger partial charge in [-0.2, -0.15) is 5.06 Å². The lowest BCUT2D eigenvalue weighted by molar-refractivity contribution is -0.161.